The number of sulfone groups is 1. The maximum Gasteiger partial charge on any atom is 0.244 e. The molecule has 0 N–H and O–H groups in total. The number of hydrogen-bond donors (Lipinski definition) is 0. The van der Waals surface area contributed by atoms with E-state index < -0.39 is 14.6 Å². The van der Waals surface area contributed by atoms with Crippen molar-refractivity contribution >= 4 is 38.8 Å². The zero-order valence-electron chi connectivity index (χ0n) is 24.6. The van der Waals surface area contributed by atoms with Gasteiger partial charge in [0.1, 0.15) is 28.5 Å². The van der Waals surface area contributed by atoms with Crippen molar-refractivity contribution in [2.24, 2.45) is 0 Å². The van der Waals surface area contributed by atoms with Gasteiger partial charge < -0.3 is 14.7 Å². The van der Waals surface area contributed by atoms with Gasteiger partial charge in [-0.2, -0.15) is 0 Å². The molecule has 0 radical (unpaired) electrons. The van der Waals surface area contributed by atoms with E-state index in [1.807, 2.05) is 38.3 Å². The fraction of sp³-hybridized carbons (Fsp3) is 0.630. The predicted molar refractivity (Wildman–Crippen MR) is 154 cm³/mol. The standard InChI is InChI=1S/C25H33N9O3S.C2H6/c1-15-11-32(23(35)25(6)7-8-38(25,36)37)16(2)10-31(15)21-20-22(28-14-27-21)34(13-24(20,4)5)19-12-33-17(3)29-30-18(33)9-26-19;1-2/h9,12,14-16H,7-8,10-11,13H2,1-6H3;1-2H3/t15-,16+,25+;/m0./s1. The molecule has 2 fully saturated rings. The van der Waals surface area contributed by atoms with Crippen LogP contribution in [0.3, 0.4) is 0 Å². The Kier molecular flexibility index (Phi) is 6.79. The van der Waals surface area contributed by atoms with Gasteiger partial charge >= 0.3 is 0 Å². The number of rotatable bonds is 3. The first-order valence-corrected chi connectivity index (χ1v) is 15.6. The van der Waals surface area contributed by atoms with Crippen LogP contribution in [0.15, 0.2) is 18.7 Å². The van der Waals surface area contributed by atoms with Gasteiger partial charge in [-0.3, -0.25) is 9.20 Å². The van der Waals surface area contributed by atoms with E-state index >= 15 is 0 Å². The Morgan fingerprint density at radius 1 is 1.00 bits per heavy atom. The lowest BCUT2D eigenvalue weighted by Gasteiger charge is -2.49. The number of amides is 1. The Morgan fingerprint density at radius 3 is 2.35 bits per heavy atom. The van der Waals surface area contributed by atoms with Gasteiger partial charge in [0.15, 0.2) is 21.3 Å². The third-order valence-electron chi connectivity index (χ3n) is 8.52. The number of piperazine rings is 1. The second kappa shape index (κ2) is 9.64. The topological polar surface area (TPSA) is 130 Å². The summed E-state index contributed by atoms with van der Waals surface area (Å²) in [5.74, 6) is 2.99. The minimum Gasteiger partial charge on any atom is -0.350 e. The summed E-state index contributed by atoms with van der Waals surface area (Å²) >= 11 is 0. The molecule has 3 aromatic heterocycles. The molecule has 0 unspecified atom stereocenters. The van der Waals surface area contributed by atoms with Crippen LogP contribution in [0, 0.1) is 6.92 Å². The number of anilines is 3. The third-order valence-corrected chi connectivity index (χ3v) is 11.0. The average Bonchev–Trinajstić information content (AvgIpc) is 3.45. The van der Waals surface area contributed by atoms with Crippen molar-refractivity contribution in [3.8, 4) is 0 Å². The largest absolute Gasteiger partial charge is 0.350 e. The maximum absolute atomic E-state index is 13.4. The van der Waals surface area contributed by atoms with Crippen LogP contribution in [0.1, 0.15) is 66.3 Å². The highest BCUT2D eigenvalue weighted by atomic mass is 32.2. The van der Waals surface area contributed by atoms with Gasteiger partial charge in [0.05, 0.1) is 18.1 Å². The Labute approximate surface area is 235 Å². The summed E-state index contributed by atoms with van der Waals surface area (Å²) in [6.45, 7) is 17.5. The van der Waals surface area contributed by atoms with Crippen molar-refractivity contribution in [2.45, 2.75) is 84.1 Å². The summed E-state index contributed by atoms with van der Waals surface area (Å²) < 4.78 is 25.5. The number of aromatic nitrogens is 6. The van der Waals surface area contributed by atoms with Crippen LogP contribution in [0.25, 0.3) is 5.65 Å². The molecule has 0 aromatic carbocycles. The summed E-state index contributed by atoms with van der Waals surface area (Å²) in [5, 5.41) is 8.28. The van der Waals surface area contributed by atoms with Crippen LogP contribution in [-0.4, -0.2) is 91.0 Å². The van der Waals surface area contributed by atoms with Gasteiger partial charge in [-0.1, -0.05) is 27.7 Å². The first kappa shape index (κ1) is 28.2. The minimum atomic E-state index is -3.39. The molecule has 3 aliphatic heterocycles. The van der Waals surface area contributed by atoms with Crippen molar-refractivity contribution in [2.75, 3.05) is 35.2 Å². The molecule has 3 aromatic rings. The Morgan fingerprint density at radius 2 is 1.70 bits per heavy atom. The van der Waals surface area contributed by atoms with Gasteiger partial charge in [0.25, 0.3) is 0 Å². The highest BCUT2D eigenvalue weighted by Gasteiger charge is 2.57. The molecule has 3 aliphatic rings. The molecule has 13 heteroatoms. The molecule has 6 heterocycles. The number of carbonyl (C=O) groups excluding carboxylic acids is 1. The molecule has 216 valence electrons. The zero-order chi connectivity index (χ0) is 29.2. The van der Waals surface area contributed by atoms with Crippen LogP contribution < -0.4 is 9.80 Å². The molecule has 1 amide bonds. The molecular weight excluding hydrogens is 530 g/mol. The molecular formula is C27H39N9O3S. The highest BCUT2D eigenvalue weighted by Crippen LogP contribution is 2.47. The maximum atomic E-state index is 13.4. The number of hydrogen-bond acceptors (Lipinski definition) is 10. The molecule has 6 rings (SSSR count). The first-order valence-electron chi connectivity index (χ1n) is 13.9. The quantitative estimate of drug-likeness (QED) is 0.464. The van der Waals surface area contributed by atoms with Crippen molar-refractivity contribution in [3.05, 3.63) is 30.1 Å². The second-order valence-electron chi connectivity index (χ2n) is 11.7. The molecule has 0 aliphatic carbocycles. The number of carbonyl (C=O) groups is 1. The Bertz CT molecular complexity index is 1570. The fourth-order valence-electron chi connectivity index (χ4n) is 6.00. The SMILES string of the molecule is CC.Cc1nnc2cnc(N3CC(C)(C)c4c3ncnc4N3C[C@@H](C)N(C(=O)[C@@]4(C)CCS4(=O)=O)C[C@@H]3C)cn12. The second-order valence-corrected chi connectivity index (χ2v) is 14.2. The van der Waals surface area contributed by atoms with Gasteiger partial charge in [-0.15, -0.1) is 10.2 Å². The molecule has 12 nitrogen and oxygen atoms in total. The predicted octanol–water partition coefficient (Wildman–Crippen LogP) is 2.68. The van der Waals surface area contributed by atoms with E-state index in [1.165, 1.54) is 0 Å². The van der Waals surface area contributed by atoms with Gasteiger partial charge in [-0.05, 0) is 34.1 Å². The van der Waals surface area contributed by atoms with Crippen LogP contribution in [-0.2, 0) is 20.0 Å². The lowest BCUT2D eigenvalue weighted by atomic mass is 9.87. The Balaban J connectivity index is 0.00000158. The van der Waals surface area contributed by atoms with Crippen molar-refractivity contribution in [1.29, 1.82) is 0 Å². The molecule has 40 heavy (non-hydrogen) atoms. The van der Waals surface area contributed by atoms with E-state index in [0.717, 1.165) is 28.8 Å². The summed E-state index contributed by atoms with van der Waals surface area (Å²) in [4.78, 5) is 33.6. The lowest BCUT2D eigenvalue weighted by molar-refractivity contribution is -0.137. The summed E-state index contributed by atoms with van der Waals surface area (Å²) in [7, 11) is -3.39. The fourth-order valence-corrected chi connectivity index (χ4v) is 7.54. The van der Waals surface area contributed by atoms with Gasteiger partial charge in [0, 0.05) is 42.7 Å². The highest BCUT2D eigenvalue weighted by molar-refractivity contribution is 7.95. The minimum absolute atomic E-state index is 0.0560. The van der Waals surface area contributed by atoms with Crippen molar-refractivity contribution in [3.63, 3.8) is 0 Å². The van der Waals surface area contributed by atoms with E-state index in [9.17, 15) is 13.2 Å². The first-order chi connectivity index (χ1) is 18.8. The van der Waals surface area contributed by atoms with Crippen molar-refractivity contribution in [1.82, 2.24) is 34.4 Å². The molecule has 0 spiro atoms. The van der Waals surface area contributed by atoms with E-state index in [2.05, 4.69) is 50.7 Å². The summed E-state index contributed by atoms with van der Waals surface area (Å²) in [6.07, 6.45) is 5.61. The summed E-state index contributed by atoms with van der Waals surface area (Å²) in [6, 6.07) is -0.224. The zero-order valence-corrected chi connectivity index (χ0v) is 25.4. The van der Waals surface area contributed by atoms with Gasteiger partial charge in [-0.25, -0.2) is 23.4 Å². The normalized spacial score (nSPS) is 26.6. The van der Waals surface area contributed by atoms with E-state index in [1.54, 1.807) is 24.3 Å². The molecule has 3 atom stereocenters. The van der Waals surface area contributed by atoms with Crippen LogP contribution in [0.5, 0.6) is 0 Å². The van der Waals surface area contributed by atoms with E-state index in [0.29, 0.717) is 31.7 Å². The van der Waals surface area contributed by atoms with E-state index in [4.69, 9.17) is 4.98 Å². The molecule has 2 saturated heterocycles. The van der Waals surface area contributed by atoms with Gasteiger partial charge in [0.2, 0.25) is 5.91 Å². The average molecular weight is 570 g/mol. The third kappa shape index (κ3) is 4.11. The molecule has 0 bridgehead atoms. The number of aryl methyl sites for hydroxylation is 1. The smallest absolute Gasteiger partial charge is 0.244 e. The summed E-state index contributed by atoms with van der Waals surface area (Å²) in [5.41, 5.74) is 1.45. The number of fused-ring (bicyclic) bond motifs is 2. The van der Waals surface area contributed by atoms with Crippen LogP contribution in [0.4, 0.5) is 17.5 Å². The monoisotopic (exact) mass is 569 g/mol. The Hall–Kier alpha value is -3.35. The van der Waals surface area contributed by atoms with Crippen LogP contribution >= 0.6 is 0 Å². The van der Waals surface area contributed by atoms with E-state index in [-0.39, 0.29) is 29.2 Å². The molecule has 0 saturated carbocycles. The lowest BCUT2D eigenvalue weighted by Crippen LogP contribution is -2.66. The van der Waals surface area contributed by atoms with Crippen molar-refractivity contribution < 1.29 is 13.2 Å². The van der Waals surface area contributed by atoms with Crippen LogP contribution in [0.2, 0.25) is 0 Å². The number of nitrogens with zero attached hydrogens (tertiary/aromatic N) is 9.